The fourth-order valence-electron chi connectivity index (χ4n) is 0.610. The van der Waals surface area contributed by atoms with Crippen molar-refractivity contribution in [2.45, 2.75) is 6.61 Å². The predicted octanol–water partition coefficient (Wildman–Crippen LogP) is -1.13. The van der Waals surface area contributed by atoms with E-state index in [4.69, 9.17) is 10.8 Å². The zero-order valence-corrected chi connectivity index (χ0v) is 9.09. The van der Waals surface area contributed by atoms with Crippen molar-refractivity contribution in [3.05, 3.63) is 35.6 Å². The molecule has 1 aromatic rings. The Bertz CT molecular complexity index is 185. The van der Waals surface area contributed by atoms with Gasteiger partial charge < -0.3 is 10.8 Å². The molecule has 0 aliphatic carbocycles. The van der Waals surface area contributed by atoms with E-state index < -0.39 is 0 Å². The molecule has 0 bridgehead atoms. The summed E-state index contributed by atoms with van der Waals surface area (Å²) in [6.45, 7) is 0.0558. The van der Waals surface area contributed by atoms with E-state index in [1.165, 1.54) is 0 Å². The molecule has 0 saturated carbocycles. The topological polar surface area (TPSA) is 44.0 Å². The van der Waals surface area contributed by atoms with Crippen LogP contribution in [0.2, 0.25) is 0 Å². The van der Waals surface area contributed by atoms with Crippen molar-refractivity contribution >= 4 is 5.69 Å². The van der Waals surface area contributed by atoms with Gasteiger partial charge in [-0.25, -0.2) is 0 Å². The molecule has 0 atom stereocenters. The number of hydrogen-bond acceptors (Lipinski definition) is 1. The van der Waals surface area contributed by atoms with E-state index in [2.05, 4.69) is 0 Å². The standard InChI is InChI=1S/C7H8NO.K/c8-7-3-1-6(5-9)2-4-7;/h1-4,8-9H,5H2;/q-1;+1. The minimum atomic E-state index is 0. The Labute approximate surface area is 103 Å². The van der Waals surface area contributed by atoms with Crippen molar-refractivity contribution in [2.24, 2.45) is 0 Å². The average Bonchev–Trinajstić information content (AvgIpc) is 1.90. The van der Waals surface area contributed by atoms with Crippen LogP contribution in [-0.4, -0.2) is 5.11 Å². The fraction of sp³-hybridized carbons (Fsp3) is 0.143. The number of aliphatic hydroxyl groups is 1. The zero-order valence-electron chi connectivity index (χ0n) is 5.96. The van der Waals surface area contributed by atoms with Crippen LogP contribution < -0.4 is 51.4 Å². The molecule has 0 saturated heterocycles. The van der Waals surface area contributed by atoms with Crippen LogP contribution in [0.1, 0.15) is 5.56 Å². The van der Waals surface area contributed by atoms with Crippen molar-refractivity contribution in [1.82, 2.24) is 0 Å². The van der Waals surface area contributed by atoms with Gasteiger partial charge in [0.1, 0.15) is 0 Å². The normalized spacial score (nSPS) is 8.50. The molecular formula is C7H8KNO. The van der Waals surface area contributed by atoms with Crippen LogP contribution in [0.3, 0.4) is 0 Å². The van der Waals surface area contributed by atoms with Gasteiger partial charge in [0.15, 0.2) is 0 Å². The van der Waals surface area contributed by atoms with E-state index in [1.807, 2.05) is 0 Å². The number of aliphatic hydroxyl groups excluding tert-OH is 1. The number of rotatable bonds is 1. The molecule has 0 aromatic heterocycles. The molecule has 0 aliphatic heterocycles. The molecule has 1 rings (SSSR count). The van der Waals surface area contributed by atoms with Crippen molar-refractivity contribution in [3.8, 4) is 0 Å². The maximum Gasteiger partial charge on any atom is 1.00 e. The van der Waals surface area contributed by atoms with Crippen LogP contribution in [0.4, 0.5) is 5.69 Å². The van der Waals surface area contributed by atoms with Crippen LogP contribution in [0.5, 0.6) is 0 Å². The Kier molecular flexibility index (Phi) is 5.62. The molecule has 10 heavy (non-hydrogen) atoms. The molecule has 2 nitrogen and oxygen atoms in total. The zero-order chi connectivity index (χ0) is 6.69. The van der Waals surface area contributed by atoms with E-state index in [9.17, 15) is 0 Å². The molecule has 0 unspecified atom stereocenters. The molecule has 0 fully saturated rings. The average molecular weight is 161 g/mol. The monoisotopic (exact) mass is 161 g/mol. The largest absolute Gasteiger partial charge is 1.00 e. The first-order chi connectivity index (χ1) is 4.33. The molecule has 1 aromatic carbocycles. The third kappa shape index (κ3) is 3.14. The summed E-state index contributed by atoms with van der Waals surface area (Å²) in [6.07, 6.45) is 0. The van der Waals surface area contributed by atoms with Gasteiger partial charge in [-0.3, -0.25) is 0 Å². The molecule has 0 amide bonds. The molecule has 0 heterocycles. The summed E-state index contributed by atoms with van der Waals surface area (Å²) in [5, 5.41) is 8.57. The quantitative estimate of drug-likeness (QED) is 0.520. The van der Waals surface area contributed by atoms with Crippen LogP contribution in [0.25, 0.3) is 5.73 Å². The number of benzene rings is 1. The minimum absolute atomic E-state index is 0. The van der Waals surface area contributed by atoms with Gasteiger partial charge in [-0.05, 0) is 5.56 Å². The maximum atomic E-state index is 8.57. The number of nitrogens with one attached hydrogen (secondary N) is 1. The summed E-state index contributed by atoms with van der Waals surface area (Å²) < 4.78 is 0. The molecule has 2 N–H and O–H groups in total. The Morgan fingerprint density at radius 2 is 1.70 bits per heavy atom. The second-order valence-electron chi connectivity index (χ2n) is 1.86. The molecule has 0 radical (unpaired) electrons. The van der Waals surface area contributed by atoms with Gasteiger partial charge in [-0.2, -0.15) is 0 Å². The van der Waals surface area contributed by atoms with Gasteiger partial charge in [-0.1, -0.05) is 24.3 Å². The van der Waals surface area contributed by atoms with Crippen LogP contribution in [-0.2, 0) is 6.61 Å². The number of hydrogen-bond donors (Lipinski definition) is 1. The third-order valence-electron chi connectivity index (χ3n) is 1.14. The summed E-state index contributed by atoms with van der Waals surface area (Å²) in [7, 11) is 0. The van der Waals surface area contributed by atoms with Gasteiger partial charge in [0, 0.05) is 0 Å². The summed E-state index contributed by atoms with van der Waals surface area (Å²) in [5.41, 5.74) is 8.42. The molecule has 0 spiro atoms. The van der Waals surface area contributed by atoms with Crippen molar-refractivity contribution < 1.29 is 56.5 Å². The molecule has 0 aliphatic rings. The Balaban J connectivity index is 0.000000810. The third-order valence-corrected chi connectivity index (χ3v) is 1.14. The first kappa shape index (κ1) is 10.6. The van der Waals surface area contributed by atoms with E-state index in [0.29, 0.717) is 5.69 Å². The molecule has 3 heteroatoms. The van der Waals surface area contributed by atoms with Gasteiger partial charge in [0.25, 0.3) is 0 Å². The smallest absolute Gasteiger partial charge is 0.699 e. The fourth-order valence-corrected chi connectivity index (χ4v) is 0.610. The SMILES string of the molecule is [K+].[NH-]c1ccc(CO)cc1. The van der Waals surface area contributed by atoms with Gasteiger partial charge in [0.05, 0.1) is 6.61 Å². The van der Waals surface area contributed by atoms with Crippen molar-refractivity contribution in [2.75, 3.05) is 0 Å². The maximum absolute atomic E-state index is 8.57. The molecule has 48 valence electrons. The van der Waals surface area contributed by atoms with Crippen LogP contribution in [0.15, 0.2) is 24.3 Å². The van der Waals surface area contributed by atoms with Crippen LogP contribution >= 0.6 is 0 Å². The van der Waals surface area contributed by atoms with Gasteiger partial charge in [-0.15, -0.1) is 5.69 Å². The Morgan fingerprint density at radius 1 is 1.20 bits per heavy atom. The minimum Gasteiger partial charge on any atom is -0.699 e. The predicted molar refractivity (Wildman–Crippen MR) is 36.3 cm³/mol. The van der Waals surface area contributed by atoms with E-state index >= 15 is 0 Å². The van der Waals surface area contributed by atoms with E-state index in [0.717, 1.165) is 5.56 Å². The first-order valence-corrected chi connectivity index (χ1v) is 2.74. The van der Waals surface area contributed by atoms with Gasteiger partial charge in [0.2, 0.25) is 0 Å². The summed E-state index contributed by atoms with van der Waals surface area (Å²) in [6, 6.07) is 6.79. The van der Waals surface area contributed by atoms with Crippen molar-refractivity contribution in [1.29, 1.82) is 0 Å². The Morgan fingerprint density at radius 3 is 2.10 bits per heavy atom. The first-order valence-electron chi connectivity index (χ1n) is 2.74. The van der Waals surface area contributed by atoms with Gasteiger partial charge >= 0.3 is 51.4 Å². The Hall–Kier alpha value is 0.616. The van der Waals surface area contributed by atoms with E-state index in [-0.39, 0.29) is 58.0 Å². The summed E-state index contributed by atoms with van der Waals surface area (Å²) in [5.74, 6) is 0. The second kappa shape index (κ2) is 5.29. The van der Waals surface area contributed by atoms with Crippen LogP contribution in [0, 0.1) is 0 Å². The molecular weight excluding hydrogens is 153 g/mol. The second-order valence-corrected chi connectivity index (χ2v) is 1.86. The van der Waals surface area contributed by atoms with E-state index in [1.54, 1.807) is 24.3 Å². The summed E-state index contributed by atoms with van der Waals surface area (Å²) >= 11 is 0. The van der Waals surface area contributed by atoms with Crippen molar-refractivity contribution in [3.63, 3.8) is 0 Å². The summed E-state index contributed by atoms with van der Waals surface area (Å²) in [4.78, 5) is 0.